The van der Waals surface area contributed by atoms with Crippen LogP contribution < -0.4 is 14.8 Å². The molecule has 0 aromatic heterocycles. The number of rotatable bonds is 7. The maximum Gasteiger partial charge on any atom is 0.264 e. The van der Waals surface area contributed by atoms with Crippen LogP contribution in [0.15, 0.2) is 53.4 Å². The van der Waals surface area contributed by atoms with E-state index in [-0.39, 0.29) is 16.5 Å². The van der Waals surface area contributed by atoms with Gasteiger partial charge in [0.1, 0.15) is 5.75 Å². The van der Waals surface area contributed by atoms with Gasteiger partial charge in [0.15, 0.2) is 0 Å². The summed E-state index contributed by atoms with van der Waals surface area (Å²) in [6.45, 7) is 1.93. The molecule has 1 fully saturated rings. The van der Waals surface area contributed by atoms with Gasteiger partial charge >= 0.3 is 0 Å². The van der Waals surface area contributed by atoms with Crippen molar-refractivity contribution >= 4 is 21.6 Å². The highest BCUT2D eigenvalue weighted by atomic mass is 32.2. The smallest absolute Gasteiger partial charge is 0.264 e. The van der Waals surface area contributed by atoms with Crippen molar-refractivity contribution in [2.45, 2.75) is 30.7 Å². The maximum atomic E-state index is 13.3. The van der Waals surface area contributed by atoms with E-state index >= 15 is 0 Å². The molecular weight excluding hydrogens is 352 g/mol. The van der Waals surface area contributed by atoms with Gasteiger partial charge in [0.05, 0.1) is 17.7 Å². The van der Waals surface area contributed by atoms with Crippen LogP contribution in [0.4, 0.5) is 5.69 Å². The standard InChI is InChI=1S/C19H22N2O4S/c1-13(14-3-4-14)21(16-7-9-17(25-2)10-8-16)26(23,24)18-11-5-15(6-12-18)19(20)22/h5-14H,3-4H2,1-2H3,(H2,20,22)/t13-/m0/s1. The number of sulfonamides is 1. The number of nitrogens with zero attached hydrogens (tertiary/aromatic N) is 1. The van der Waals surface area contributed by atoms with Gasteiger partial charge in [-0.1, -0.05) is 0 Å². The maximum absolute atomic E-state index is 13.3. The van der Waals surface area contributed by atoms with Crippen molar-refractivity contribution in [1.82, 2.24) is 0 Å². The first kappa shape index (κ1) is 18.3. The molecule has 2 aromatic rings. The highest BCUT2D eigenvalue weighted by molar-refractivity contribution is 7.92. The molecule has 3 rings (SSSR count). The monoisotopic (exact) mass is 374 g/mol. The molecule has 1 amide bonds. The number of primary amides is 1. The lowest BCUT2D eigenvalue weighted by Crippen LogP contribution is -2.40. The molecule has 6 nitrogen and oxygen atoms in total. The van der Waals surface area contributed by atoms with Crippen LogP contribution >= 0.6 is 0 Å². The Kier molecular flexibility index (Phi) is 4.91. The van der Waals surface area contributed by atoms with E-state index in [0.717, 1.165) is 12.8 Å². The quantitative estimate of drug-likeness (QED) is 0.807. The van der Waals surface area contributed by atoms with Crippen molar-refractivity contribution < 1.29 is 17.9 Å². The fourth-order valence-corrected chi connectivity index (χ4v) is 4.71. The summed E-state index contributed by atoms with van der Waals surface area (Å²) in [4.78, 5) is 11.4. The number of hydrogen-bond donors (Lipinski definition) is 1. The summed E-state index contributed by atoms with van der Waals surface area (Å²) in [5.41, 5.74) is 6.10. The van der Waals surface area contributed by atoms with Crippen LogP contribution in [-0.2, 0) is 10.0 Å². The minimum atomic E-state index is -3.78. The zero-order chi connectivity index (χ0) is 18.9. The van der Waals surface area contributed by atoms with E-state index in [1.807, 2.05) is 6.92 Å². The molecule has 1 saturated carbocycles. The lowest BCUT2D eigenvalue weighted by Gasteiger charge is -2.31. The van der Waals surface area contributed by atoms with E-state index in [1.165, 1.54) is 28.6 Å². The van der Waals surface area contributed by atoms with Gasteiger partial charge in [-0.2, -0.15) is 0 Å². The molecule has 0 radical (unpaired) electrons. The van der Waals surface area contributed by atoms with Crippen LogP contribution in [0.2, 0.25) is 0 Å². The van der Waals surface area contributed by atoms with Crippen LogP contribution in [0.3, 0.4) is 0 Å². The minimum Gasteiger partial charge on any atom is -0.497 e. The summed E-state index contributed by atoms with van der Waals surface area (Å²) in [5, 5.41) is 0. The first-order valence-electron chi connectivity index (χ1n) is 8.43. The molecule has 1 aliphatic rings. The molecule has 1 atom stereocenters. The van der Waals surface area contributed by atoms with Crippen molar-refractivity contribution in [2.75, 3.05) is 11.4 Å². The number of anilines is 1. The Morgan fingerprint density at radius 1 is 1.12 bits per heavy atom. The number of carbonyl (C=O) groups is 1. The molecule has 0 aliphatic heterocycles. The van der Waals surface area contributed by atoms with Gasteiger partial charge < -0.3 is 10.5 Å². The van der Waals surface area contributed by atoms with Crippen molar-refractivity contribution in [3.05, 3.63) is 54.1 Å². The first-order chi connectivity index (χ1) is 12.3. The van der Waals surface area contributed by atoms with E-state index < -0.39 is 15.9 Å². The highest BCUT2D eigenvalue weighted by Gasteiger charge is 2.38. The van der Waals surface area contributed by atoms with Gasteiger partial charge in [0, 0.05) is 11.6 Å². The van der Waals surface area contributed by atoms with E-state index in [0.29, 0.717) is 17.4 Å². The molecule has 26 heavy (non-hydrogen) atoms. The number of ether oxygens (including phenoxy) is 1. The zero-order valence-electron chi connectivity index (χ0n) is 14.8. The minimum absolute atomic E-state index is 0.130. The predicted octanol–water partition coefficient (Wildman–Crippen LogP) is 2.79. The number of methoxy groups -OCH3 is 1. The van der Waals surface area contributed by atoms with Crippen molar-refractivity contribution in [3.8, 4) is 5.75 Å². The third-order valence-electron chi connectivity index (χ3n) is 4.70. The van der Waals surface area contributed by atoms with Gasteiger partial charge in [0.2, 0.25) is 5.91 Å². The van der Waals surface area contributed by atoms with Crippen LogP contribution in [0.25, 0.3) is 0 Å². The largest absolute Gasteiger partial charge is 0.497 e. The number of hydrogen-bond acceptors (Lipinski definition) is 4. The van der Waals surface area contributed by atoms with Crippen LogP contribution in [0.1, 0.15) is 30.1 Å². The van der Waals surface area contributed by atoms with Gasteiger partial charge in [-0.25, -0.2) is 8.42 Å². The van der Waals surface area contributed by atoms with Crippen molar-refractivity contribution in [2.24, 2.45) is 11.7 Å². The van der Waals surface area contributed by atoms with E-state index in [4.69, 9.17) is 10.5 Å². The number of nitrogens with two attached hydrogens (primary N) is 1. The predicted molar refractivity (Wildman–Crippen MR) is 99.8 cm³/mol. The SMILES string of the molecule is COc1ccc(N([C@@H](C)C2CC2)S(=O)(=O)c2ccc(C(N)=O)cc2)cc1. The summed E-state index contributed by atoms with van der Waals surface area (Å²) in [5.74, 6) is 0.417. The van der Waals surface area contributed by atoms with E-state index in [9.17, 15) is 13.2 Å². The average molecular weight is 374 g/mol. The average Bonchev–Trinajstić information content (AvgIpc) is 3.47. The summed E-state index contributed by atoms with van der Waals surface area (Å²) in [6, 6.07) is 12.5. The Morgan fingerprint density at radius 3 is 2.15 bits per heavy atom. The molecule has 2 N–H and O–H groups in total. The summed E-state index contributed by atoms with van der Waals surface area (Å²) in [6.07, 6.45) is 2.04. The van der Waals surface area contributed by atoms with Crippen molar-refractivity contribution in [1.29, 1.82) is 0 Å². The van der Waals surface area contributed by atoms with Crippen molar-refractivity contribution in [3.63, 3.8) is 0 Å². The number of benzene rings is 2. The molecule has 0 heterocycles. The first-order valence-corrected chi connectivity index (χ1v) is 9.87. The molecule has 0 spiro atoms. The lowest BCUT2D eigenvalue weighted by molar-refractivity contribution is 0.1000. The van der Waals surface area contributed by atoms with E-state index in [2.05, 4.69) is 0 Å². The Hall–Kier alpha value is -2.54. The topological polar surface area (TPSA) is 89.7 Å². The van der Waals surface area contributed by atoms with Gasteiger partial charge in [0.25, 0.3) is 10.0 Å². The molecule has 2 aromatic carbocycles. The van der Waals surface area contributed by atoms with E-state index in [1.54, 1.807) is 31.4 Å². The molecule has 0 unspecified atom stereocenters. The number of amides is 1. The molecule has 0 bridgehead atoms. The summed E-state index contributed by atoms with van der Waals surface area (Å²) >= 11 is 0. The highest BCUT2D eigenvalue weighted by Crippen LogP contribution is 2.39. The second kappa shape index (κ2) is 6.99. The molecule has 7 heteroatoms. The summed E-state index contributed by atoms with van der Waals surface area (Å²) < 4.78 is 33.3. The Labute approximate surface area is 153 Å². The molecule has 1 aliphatic carbocycles. The summed E-state index contributed by atoms with van der Waals surface area (Å²) in [7, 11) is -2.21. The Bertz CT molecular complexity index is 888. The Balaban J connectivity index is 2.02. The van der Waals surface area contributed by atoms with Crippen LogP contribution in [-0.4, -0.2) is 27.5 Å². The second-order valence-corrected chi connectivity index (χ2v) is 8.28. The van der Waals surface area contributed by atoms with Gasteiger partial charge in [-0.05, 0) is 74.2 Å². The third-order valence-corrected chi connectivity index (χ3v) is 6.63. The lowest BCUT2D eigenvalue weighted by atomic mass is 10.2. The molecular formula is C19H22N2O4S. The fraction of sp³-hybridized carbons (Fsp3) is 0.316. The molecule has 138 valence electrons. The molecule has 0 saturated heterocycles. The Morgan fingerprint density at radius 2 is 1.69 bits per heavy atom. The second-order valence-electron chi connectivity index (χ2n) is 6.47. The number of carbonyl (C=O) groups excluding carboxylic acids is 1. The van der Waals surface area contributed by atoms with Crippen LogP contribution in [0, 0.1) is 5.92 Å². The fourth-order valence-electron chi connectivity index (χ4n) is 3.00. The zero-order valence-corrected chi connectivity index (χ0v) is 15.6. The van der Waals surface area contributed by atoms with Gasteiger partial charge in [-0.3, -0.25) is 9.10 Å². The third kappa shape index (κ3) is 3.53. The normalized spacial score (nSPS) is 15.3. The van der Waals surface area contributed by atoms with Gasteiger partial charge in [-0.15, -0.1) is 0 Å². The van der Waals surface area contributed by atoms with Crippen LogP contribution in [0.5, 0.6) is 5.75 Å².